The van der Waals surface area contributed by atoms with Crippen LogP contribution in [0.4, 0.5) is 19.0 Å². The summed E-state index contributed by atoms with van der Waals surface area (Å²) in [6.07, 6.45) is 0.0731. The molecule has 2 aromatic rings. The third-order valence-electron chi connectivity index (χ3n) is 2.35. The highest BCUT2D eigenvalue weighted by atomic mass is 19.4. The van der Waals surface area contributed by atoms with Crippen molar-refractivity contribution >= 4 is 5.82 Å². The lowest BCUT2D eigenvalue weighted by Crippen LogP contribution is -2.12. The summed E-state index contributed by atoms with van der Waals surface area (Å²) in [6, 6.07) is 5.44. The molecule has 0 aliphatic carbocycles. The largest absolute Gasteiger partial charge is 0.416 e. The Morgan fingerprint density at radius 1 is 1.11 bits per heavy atom. The van der Waals surface area contributed by atoms with Crippen LogP contribution in [0.1, 0.15) is 11.1 Å². The topological polar surface area (TPSA) is 37.8 Å². The maximum atomic E-state index is 12.7. The second-order valence-corrected chi connectivity index (χ2v) is 3.60. The third kappa shape index (κ3) is 2.97. The van der Waals surface area contributed by atoms with Gasteiger partial charge in [-0.2, -0.15) is 13.2 Å². The molecule has 1 aromatic carbocycles. The molecule has 1 N–H and O–H groups in total. The molecule has 6 heteroatoms. The van der Waals surface area contributed by atoms with Gasteiger partial charge in [0.2, 0.25) is 0 Å². The lowest BCUT2D eigenvalue weighted by Gasteiger charge is -2.13. The fourth-order valence-corrected chi connectivity index (χ4v) is 1.53. The van der Waals surface area contributed by atoms with Crippen molar-refractivity contribution < 1.29 is 13.2 Å². The SMILES string of the molecule is FC(F)(F)c1ccccc1CNc1cnccn1. The van der Waals surface area contributed by atoms with Crippen LogP contribution in [0.2, 0.25) is 0 Å². The second-order valence-electron chi connectivity index (χ2n) is 3.60. The minimum atomic E-state index is -4.35. The molecule has 0 saturated heterocycles. The fourth-order valence-electron chi connectivity index (χ4n) is 1.53. The standard InChI is InChI=1S/C12H10F3N3/c13-12(14,15)10-4-2-1-3-9(10)7-18-11-8-16-5-6-17-11/h1-6,8H,7H2,(H,17,18). The Balaban J connectivity index is 2.15. The Morgan fingerprint density at radius 3 is 2.56 bits per heavy atom. The van der Waals surface area contributed by atoms with Crippen LogP contribution in [0.15, 0.2) is 42.9 Å². The fraction of sp³-hybridized carbons (Fsp3) is 0.167. The summed E-state index contributed by atoms with van der Waals surface area (Å²) in [5, 5.41) is 2.80. The van der Waals surface area contributed by atoms with Gasteiger partial charge in [0, 0.05) is 18.9 Å². The van der Waals surface area contributed by atoms with Crippen molar-refractivity contribution in [3.63, 3.8) is 0 Å². The van der Waals surface area contributed by atoms with Gasteiger partial charge in [-0.05, 0) is 11.6 Å². The lowest BCUT2D eigenvalue weighted by atomic mass is 10.1. The number of hydrogen-bond acceptors (Lipinski definition) is 3. The molecule has 0 bridgehead atoms. The van der Waals surface area contributed by atoms with E-state index < -0.39 is 11.7 Å². The van der Waals surface area contributed by atoms with Crippen molar-refractivity contribution in [3.8, 4) is 0 Å². The first-order valence-electron chi connectivity index (χ1n) is 5.22. The van der Waals surface area contributed by atoms with E-state index in [2.05, 4.69) is 15.3 Å². The average molecular weight is 253 g/mol. The van der Waals surface area contributed by atoms with Gasteiger partial charge in [0.25, 0.3) is 0 Å². The maximum Gasteiger partial charge on any atom is 0.416 e. The molecular weight excluding hydrogens is 243 g/mol. The van der Waals surface area contributed by atoms with Crippen LogP contribution in [0.25, 0.3) is 0 Å². The molecule has 1 heterocycles. The van der Waals surface area contributed by atoms with Gasteiger partial charge in [-0.1, -0.05) is 18.2 Å². The highest BCUT2D eigenvalue weighted by molar-refractivity contribution is 5.36. The molecule has 0 aliphatic rings. The number of nitrogens with zero attached hydrogens (tertiary/aromatic N) is 2. The number of nitrogens with one attached hydrogen (secondary N) is 1. The van der Waals surface area contributed by atoms with E-state index in [0.29, 0.717) is 5.82 Å². The van der Waals surface area contributed by atoms with E-state index in [1.807, 2.05) is 0 Å². The van der Waals surface area contributed by atoms with Gasteiger partial charge >= 0.3 is 6.18 Å². The summed E-state index contributed by atoms with van der Waals surface area (Å²) >= 11 is 0. The molecule has 18 heavy (non-hydrogen) atoms. The van der Waals surface area contributed by atoms with Crippen LogP contribution >= 0.6 is 0 Å². The first-order valence-corrected chi connectivity index (χ1v) is 5.22. The number of rotatable bonds is 3. The summed E-state index contributed by atoms with van der Waals surface area (Å²) < 4.78 is 38.2. The smallest absolute Gasteiger partial charge is 0.365 e. The Kier molecular flexibility index (Phi) is 3.45. The van der Waals surface area contributed by atoms with E-state index in [1.54, 1.807) is 6.07 Å². The maximum absolute atomic E-state index is 12.7. The van der Waals surface area contributed by atoms with Crippen molar-refractivity contribution in [3.05, 3.63) is 54.0 Å². The van der Waals surface area contributed by atoms with Gasteiger partial charge in [-0.3, -0.25) is 4.98 Å². The lowest BCUT2D eigenvalue weighted by molar-refractivity contribution is -0.138. The molecule has 1 aromatic heterocycles. The number of aromatic nitrogens is 2. The molecule has 3 nitrogen and oxygen atoms in total. The van der Waals surface area contributed by atoms with E-state index >= 15 is 0 Å². The van der Waals surface area contributed by atoms with Crippen LogP contribution in [0.5, 0.6) is 0 Å². The van der Waals surface area contributed by atoms with Crippen molar-refractivity contribution in [2.24, 2.45) is 0 Å². The van der Waals surface area contributed by atoms with Gasteiger partial charge in [-0.15, -0.1) is 0 Å². The van der Waals surface area contributed by atoms with E-state index in [1.165, 1.54) is 30.7 Å². The molecule has 0 saturated carbocycles. The third-order valence-corrected chi connectivity index (χ3v) is 2.35. The summed E-state index contributed by atoms with van der Waals surface area (Å²) in [5.74, 6) is 0.439. The first kappa shape index (κ1) is 12.3. The minimum Gasteiger partial charge on any atom is -0.365 e. The zero-order chi connectivity index (χ0) is 13.0. The molecule has 0 unspecified atom stereocenters. The second kappa shape index (κ2) is 5.03. The molecule has 0 radical (unpaired) electrons. The van der Waals surface area contributed by atoms with E-state index in [4.69, 9.17) is 0 Å². The Bertz CT molecular complexity index is 511. The molecule has 0 amide bonds. The highest BCUT2D eigenvalue weighted by Gasteiger charge is 2.32. The zero-order valence-corrected chi connectivity index (χ0v) is 9.28. The quantitative estimate of drug-likeness (QED) is 0.913. The molecule has 0 spiro atoms. The van der Waals surface area contributed by atoms with Gasteiger partial charge in [0.05, 0.1) is 11.8 Å². The zero-order valence-electron chi connectivity index (χ0n) is 9.28. The van der Waals surface area contributed by atoms with Crippen LogP contribution in [-0.4, -0.2) is 9.97 Å². The molecule has 0 atom stereocenters. The molecule has 0 fully saturated rings. The summed E-state index contributed by atoms with van der Waals surface area (Å²) in [4.78, 5) is 7.75. The summed E-state index contributed by atoms with van der Waals surface area (Å²) in [5.41, 5.74) is -0.461. The minimum absolute atomic E-state index is 0.0500. The van der Waals surface area contributed by atoms with Crippen LogP contribution in [0.3, 0.4) is 0 Å². The predicted octanol–water partition coefficient (Wildman–Crippen LogP) is 3.11. The Labute approximate surface area is 102 Å². The van der Waals surface area contributed by atoms with Gasteiger partial charge < -0.3 is 5.32 Å². The first-order chi connectivity index (χ1) is 8.57. The number of benzene rings is 1. The molecular formula is C12H10F3N3. The van der Waals surface area contributed by atoms with E-state index in [-0.39, 0.29) is 12.1 Å². The predicted molar refractivity (Wildman–Crippen MR) is 60.8 cm³/mol. The molecule has 0 aliphatic heterocycles. The van der Waals surface area contributed by atoms with Crippen LogP contribution in [-0.2, 0) is 12.7 Å². The van der Waals surface area contributed by atoms with Crippen LogP contribution < -0.4 is 5.32 Å². The van der Waals surface area contributed by atoms with Gasteiger partial charge in [-0.25, -0.2) is 4.98 Å². The average Bonchev–Trinajstić information content (AvgIpc) is 2.37. The van der Waals surface area contributed by atoms with E-state index in [9.17, 15) is 13.2 Å². The summed E-state index contributed by atoms with van der Waals surface area (Å²) in [6.45, 7) is 0.0500. The molecule has 2 rings (SSSR count). The number of hydrogen-bond donors (Lipinski definition) is 1. The van der Waals surface area contributed by atoms with Crippen molar-refractivity contribution in [2.45, 2.75) is 12.7 Å². The number of alkyl halides is 3. The Hall–Kier alpha value is -2.11. The van der Waals surface area contributed by atoms with E-state index in [0.717, 1.165) is 6.07 Å². The number of anilines is 1. The normalized spacial score (nSPS) is 11.3. The van der Waals surface area contributed by atoms with Gasteiger partial charge in [0.1, 0.15) is 5.82 Å². The summed E-state index contributed by atoms with van der Waals surface area (Å²) in [7, 11) is 0. The highest BCUT2D eigenvalue weighted by Crippen LogP contribution is 2.31. The monoisotopic (exact) mass is 253 g/mol. The van der Waals surface area contributed by atoms with Crippen molar-refractivity contribution in [1.82, 2.24) is 9.97 Å². The number of halogens is 3. The molecule has 94 valence electrons. The van der Waals surface area contributed by atoms with Crippen LogP contribution in [0, 0.1) is 0 Å². The Morgan fingerprint density at radius 2 is 1.89 bits per heavy atom. The van der Waals surface area contributed by atoms with Gasteiger partial charge in [0.15, 0.2) is 0 Å². The van der Waals surface area contributed by atoms with Crippen molar-refractivity contribution in [2.75, 3.05) is 5.32 Å². The van der Waals surface area contributed by atoms with Crippen molar-refractivity contribution in [1.29, 1.82) is 0 Å².